The number of hydrogen-bond donors (Lipinski definition) is 1. The highest BCUT2D eigenvalue weighted by molar-refractivity contribution is 14.1. The molecule has 0 aliphatic carbocycles. The summed E-state index contributed by atoms with van der Waals surface area (Å²) in [6, 6.07) is 0. The molecule has 0 amide bonds. The Balaban J connectivity index is 3.74. The van der Waals surface area contributed by atoms with Gasteiger partial charge in [-0.2, -0.15) is 0 Å². The lowest BCUT2D eigenvalue weighted by Crippen LogP contribution is -2.27. The predicted octanol–water partition coefficient (Wildman–Crippen LogP) is 2.51. The van der Waals surface area contributed by atoms with E-state index in [0.717, 1.165) is 12.8 Å². The zero-order chi connectivity index (χ0) is 11.7. The number of halogens is 1. The molecule has 15 heavy (non-hydrogen) atoms. The summed E-state index contributed by atoms with van der Waals surface area (Å²) in [5, 5.41) is 0. The lowest BCUT2D eigenvalue weighted by Gasteiger charge is -2.15. The second-order valence-corrected chi connectivity index (χ2v) is 5.25. The average Bonchev–Trinajstić information content (AvgIpc) is 2.27. The Bertz CT molecular complexity index is 176. The van der Waals surface area contributed by atoms with Crippen molar-refractivity contribution in [1.82, 2.24) is 0 Å². The molecule has 2 N–H and O–H groups in total. The molecule has 0 heterocycles. The normalized spacial score (nSPS) is 14.7. The van der Waals surface area contributed by atoms with E-state index in [1.807, 2.05) is 22.6 Å². The highest BCUT2D eigenvalue weighted by Gasteiger charge is 2.16. The molecule has 0 rings (SSSR count). The molecular formula is C11H22INO2. The third-order valence-corrected chi connectivity index (χ3v) is 3.48. The SMILES string of the molecule is CCCCC(CC)COC(=O)C(I)CN. The molecule has 0 spiro atoms. The van der Waals surface area contributed by atoms with Gasteiger partial charge in [0, 0.05) is 6.54 Å². The summed E-state index contributed by atoms with van der Waals surface area (Å²) in [7, 11) is 0. The molecular weight excluding hydrogens is 305 g/mol. The monoisotopic (exact) mass is 327 g/mol. The number of hydrogen-bond acceptors (Lipinski definition) is 3. The highest BCUT2D eigenvalue weighted by Crippen LogP contribution is 2.13. The van der Waals surface area contributed by atoms with Crippen LogP contribution in [-0.4, -0.2) is 23.0 Å². The first-order chi connectivity index (χ1) is 7.15. The number of nitrogens with two attached hydrogens (primary N) is 1. The van der Waals surface area contributed by atoms with Crippen molar-refractivity contribution < 1.29 is 9.53 Å². The molecule has 4 heteroatoms. The van der Waals surface area contributed by atoms with Crippen LogP contribution in [0.3, 0.4) is 0 Å². The third kappa shape index (κ3) is 7.11. The lowest BCUT2D eigenvalue weighted by atomic mass is 10.0. The number of rotatable bonds is 8. The molecule has 0 aliphatic heterocycles. The van der Waals surface area contributed by atoms with Crippen molar-refractivity contribution >= 4 is 28.6 Å². The van der Waals surface area contributed by atoms with Gasteiger partial charge in [-0.1, -0.05) is 55.7 Å². The molecule has 0 radical (unpaired) electrons. The summed E-state index contributed by atoms with van der Waals surface area (Å²) in [5.74, 6) is 0.336. The van der Waals surface area contributed by atoms with E-state index >= 15 is 0 Å². The van der Waals surface area contributed by atoms with Gasteiger partial charge >= 0.3 is 5.97 Å². The fraction of sp³-hybridized carbons (Fsp3) is 0.909. The summed E-state index contributed by atoms with van der Waals surface area (Å²) in [5.41, 5.74) is 5.38. The first kappa shape index (κ1) is 15.2. The van der Waals surface area contributed by atoms with Crippen molar-refractivity contribution in [2.24, 2.45) is 11.7 Å². The minimum atomic E-state index is -0.203. The number of carbonyl (C=O) groups excluding carboxylic acids is 1. The zero-order valence-corrected chi connectivity index (χ0v) is 11.8. The van der Waals surface area contributed by atoms with E-state index in [9.17, 15) is 4.79 Å². The molecule has 0 aromatic heterocycles. The van der Waals surface area contributed by atoms with Gasteiger partial charge in [-0.05, 0) is 12.3 Å². The van der Waals surface area contributed by atoms with Crippen molar-refractivity contribution in [3.63, 3.8) is 0 Å². The molecule has 0 bridgehead atoms. The van der Waals surface area contributed by atoms with E-state index in [4.69, 9.17) is 10.5 Å². The van der Waals surface area contributed by atoms with Crippen LogP contribution in [0.25, 0.3) is 0 Å². The maximum atomic E-state index is 11.4. The topological polar surface area (TPSA) is 52.3 Å². The van der Waals surface area contributed by atoms with Gasteiger partial charge in [0.15, 0.2) is 0 Å². The van der Waals surface area contributed by atoms with Crippen molar-refractivity contribution in [2.45, 2.75) is 43.5 Å². The van der Waals surface area contributed by atoms with Gasteiger partial charge in [0.25, 0.3) is 0 Å². The van der Waals surface area contributed by atoms with E-state index in [-0.39, 0.29) is 9.89 Å². The maximum Gasteiger partial charge on any atom is 0.320 e. The quantitative estimate of drug-likeness (QED) is 0.423. The molecule has 2 unspecified atom stereocenters. The first-order valence-electron chi connectivity index (χ1n) is 5.66. The van der Waals surface area contributed by atoms with E-state index in [1.165, 1.54) is 12.8 Å². The molecule has 2 atom stereocenters. The van der Waals surface area contributed by atoms with Gasteiger partial charge < -0.3 is 10.5 Å². The van der Waals surface area contributed by atoms with Crippen LogP contribution in [0.5, 0.6) is 0 Å². The average molecular weight is 327 g/mol. The summed E-state index contributed by atoms with van der Waals surface area (Å²) < 4.78 is 5.02. The molecule has 90 valence electrons. The fourth-order valence-electron chi connectivity index (χ4n) is 1.28. The van der Waals surface area contributed by atoms with Crippen LogP contribution in [0.15, 0.2) is 0 Å². The van der Waals surface area contributed by atoms with Crippen LogP contribution < -0.4 is 5.73 Å². The van der Waals surface area contributed by atoms with Crippen LogP contribution >= 0.6 is 22.6 Å². The summed E-state index contributed by atoms with van der Waals surface area (Å²) in [6.45, 7) is 5.21. The summed E-state index contributed by atoms with van der Waals surface area (Å²) >= 11 is 2.02. The number of ether oxygens (including phenoxy) is 1. The van der Waals surface area contributed by atoms with Crippen LogP contribution in [0, 0.1) is 5.92 Å². The lowest BCUT2D eigenvalue weighted by molar-refractivity contribution is -0.143. The number of carbonyl (C=O) groups is 1. The summed E-state index contributed by atoms with van der Waals surface area (Å²) in [6.07, 6.45) is 4.62. The Hall–Kier alpha value is 0.160. The standard InChI is InChI=1S/C11H22INO2/c1-3-5-6-9(4-2)8-15-11(14)10(12)7-13/h9-10H,3-8,13H2,1-2H3. The predicted molar refractivity (Wildman–Crippen MR) is 71.1 cm³/mol. The Kier molecular flexibility index (Phi) is 9.49. The number of unbranched alkanes of at least 4 members (excludes halogenated alkanes) is 1. The van der Waals surface area contributed by atoms with Crippen LogP contribution in [0.1, 0.15) is 39.5 Å². The second kappa shape index (κ2) is 9.39. The van der Waals surface area contributed by atoms with E-state index in [0.29, 0.717) is 19.1 Å². The van der Waals surface area contributed by atoms with Gasteiger partial charge in [-0.25, -0.2) is 0 Å². The van der Waals surface area contributed by atoms with Crippen molar-refractivity contribution in [2.75, 3.05) is 13.2 Å². The van der Waals surface area contributed by atoms with E-state index < -0.39 is 0 Å². The van der Waals surface area contributed by atoms with Crippen LogP contribution in [0.2, 0.25) is 0 Å². The van der Waals surface area contributed by atoms with Crippen molar-refractivity contribution in [1.29, 1.82) is 0 Å². The Morgan fingerprint density at radius 1 is 1.47 bits per heavy atom. The van der Waals surface area contributed by atoms with Gasteiger partial charge in [0.1, 0.15) is 3.92 Å². The molecule has 0 aromatic carbocycles. The van der Waals surface area contributed by atoms with Crippen LogP contribution in [-0.2, 0) is 9.53 Å². The molecule has 0 saturated carbocycles. The van der Waals surface area contributed by atoms with E-state index in [1.54, 1.807) is 0 Å². The first-order valence-corrected chi connectivity index (χ1v) is 6.90. The Labute approximate surface area is 106 Å². The van der Waals surface area contributed by atoms with Crippen molar-refractivity contribution in [3.8, 4) is 0 Å². The van der Waals surface area contributed by atoms with E-state index in [2.05, 4.69) is 13.8 Å². The zero-order valence-electron chi connectivity index (χ0n) is 9.67. The van der Waals surface area contributed by atoms with Crippen molar-refractivity contribution in [3.05, 3.63) is 0 Å². The molecule has 0 aromatic rings. The Morgan fingerprint density at radius 3 is 2.60 bits per heavy atom. The second-order valence-electron chi connectivity index (χ2n) is 3.75. The molecule has 0 fully saturated rings. The van der Waals surface area contributed by atoms with Crippen LogP contribution in [0.4, 0.5) is 0 Å². The van der Waals surface area contributed by atoms with Gasteiger partial charge in [0.05, 0.1) is 6.61 Å². The number of alkyl halides is 1. The minimum Gasteiger partial charge on any atom is -0.465 e. The molecule has 0 aliphatic rings. The third-order valence-electron chi connectivity index (χ3n) is 2.47. The van der Waals surface area contributed by atoms with Gasteiger partial charge in [-0.3, -0.25) is 4.79 Å². The Morgan fingerprint density at radius 2 is 2.13 bits per heavy atom. The maximum absolute atomic E-state index is 11.4. The van der Waals surface area contributed by atoms with Gasteiger partial charge in [0.2, 0.25) is 0 Å². The largest absolute Gasteiger partial charge is 0.465 e. The highest BCUT2D eigenvalue weighted by atomic mass is 127. The smallest absolute Gasteiger partial charge is 0.320 e. The molecule has 3 nitrogen and oxygen atoms in total. The van der Waals surface area contributed by atoms with Gasteiger partial charge in [-0.15, -0.1) is 0 Å². The fourth-order valence-corrected chi connectivity index (χ4v) is 1.46. The number of esters is 1. The minimum absolute atomic E-state index is 0.173. The molecule has 0 saturated heterocycles. The summed E-state index contributed by atoms with van der Waals surface area (Å²) in [4.78, 5) is 11.4.